The second-order valence-corrected chi connectivity index (χ2v) is 4.18. The summed E-state index contributed by atoms with van der Waals surface area (Å²) in [6.45, 7) is 0.432. The van der Waals surface area contributed by atoms with Gasteiger partial charge in [0.2, 0.25) is 10.1 Å². The van der Waals surface area contributed by atoms with E-state index >= 15 is 0 Å². The van der Waals surface area contributed by atoms with Crippen LogP contribution in [-0.4, -0.2) is 28.1 Å². The summed E-state index contributed by atoms with van der Waals surface area (Å²) in [5.74, 6) is -0.229. The van der Waals surface area contributed by atoms with E-state index in [1.807, 2.05) is 12.1 Å². The highest BCUT2D eigenvalue weighted by Crippen LogP contribution is 2.13. The molecule has 0 bridgehead atoms. The van der Waals surface area contributed by atoms with Crippen LogP contribution in [0.3, 0.4) is 0 Å². The summed E-state index contributed by atoms with van der Waals surface area (Å²) in [7, 11) is 1.73. The maximum absolute atomic E-state index is 11.7. The molecular weight excluding hydrogens is 238 g/mol. The third kappa shape index (κ3) is 2.97. The summed E-state index contributed by atoms with van der Waals surface area (Å²) < 4.78 is 0. The summed E-state index contributed by atoms with van der Waals surface area (Å²) in [6, 6.07) is 3.72. The number of pyridine rings is 1. The van der Waals surface area contributed by atoms with Gasteiger partial charge in [0.1, 0.15) is 0 Å². The zero-order valence-corrected chi connectivity index (χ0v) is 9.99. The number of carbonyl (C=O) groups is 1. The molecule has 0 aromatic carbocycles. The van der Waals surface area contributed by atoms with E-state index in [4.69, 9.17) is 0 Å². The molecule has 1 amide bonds. The second kappa shape index (κ2) is 5.35. The fourth-order valence-corrected chi connectivity index (χ4v) is 1.79. The lowest BCUT2D eigenvalue weighted by molar-refractivity contribution is 0.0950. The second-order valence-electron chi connectivity index (χ2n) is 3.21. The molecule has 7 heteroatoms. The minimum Gasteiger partial charge on any atom is -0.363 e. The standard InChI is InChI=1S/C10H11N5OS/c1-11-10-15-14-9(17-10)8(16)13-6-7-3-2-4-12-5-7/h2-5H,6H2,1H3,(H,11,15)(H,13,16). The van der Waals surface area contributed by atoms with Gasteiger partial charge in [-0.1, -0.05) is 17.4 Å². The summed E-state index contributed by atoms with van der Waals surface area (Å²) in [4.78, 5) is 15.7. The van der Waals surface area contributed by atoms with Crippen LogP contribution in [0.25, 0.3) is 0 Å². The summed E-state index contributed by atoms with van der Waals surface area (Å²) in [5.41, 5.74) is 0.944. The molecule has 0 radical (unpaired) electrons. The Kier molecular flexibility index (Phi) is 3.61. The zero-order chi connectivity index (χ0) is 12.1. The van der Waals surface area contributed by atoms with Crippen LogP contribution in [0.15, 0.2) is 24.5 Å². The van der Waals surface area contributed by atoms with Gasteiger partial charge < -0.3 is 10.6 Å². The van der Waals surface area contributed by atoms with E-state index in [2.05, 4.69) is 25.8 Å². The van der Waals surface area contributed by atoms with E-state index in [0.717, 1.165) is 5.56 Å². The van der Waals surface area contributed by atoms with Crippen molar-refractivity contribution in [3.05, 3.63) is 35.1 Å². The maximum atomic E-state index is 11.7. The van der Waals surface area contributed by atoms with Crippen molar-refractivity contribution in [2.24, 2.45) is 0 Å². The van der Waals surface area contributed by atoms with Crippen LogP contribution in [0.1, 0.15) is 15.4 Å². The van der Waals surface area contributed by atoms with E-state index in [-0.39, 0.29) is 5.91 Å². The highest BCUT2D eigenvalue weighted by molar-refractivity contribution is 7.17. The molecule has 2 aromatic heterocycles. The lowest BCUT2D eigenvalue weighted by atomic mass is 10.3. The number of aromatic nitrogens is 3. The van der Waals surface area contributed by atoms with Crippen molar-refractivity contribution < 1.29 is 4.79 Å². The number of hydrogen-bond donors (Lipinski definition) is 2. The van der Waals surface area contributed by atoms with Crippen molar-refractivity contribution in [3.8, 4) is 0 Å². The first-order valence-corrected chi connectivity index (χ1v) is 5.79. The first kappa shape index (κ1) is 11.5. The Morgan fingerprint density at radius 3 is 3.00 bits per heavy atom. The molecule has 6 nitrogen and oxygen atoms in total. The van der Waals surface area contributed by atoms with Gasteiger partial charge in [0.05, 0.1) is 0 Å². The van der Waals surface area contributed by atoms with E-state index in [0.29, 0.717) is 16.7 Å². The fraction of sp³-hybridized carbons (Fsp3) is 0.200. The molecule has 0 spiro atoms. The van der Waals surface area contributed by atoms with Crippen molar-refractivity contribution >= 4 is 22.4 Å². The average Bonchev–Trinajstić information content (AvgIpc) is 2.86. The Morgan fingerprint density at radius 1 is 1.47 bits per heavy atom. The number of nitrogens with one attached hydrogen (secondary N) is 2. The summed E-state index contributed by atoms with van der Waals surface area (Å²) in [6.07, 6.45) is 3.40. The molecule has 0 unspecified atom stereocenters. The number of hydrogen-bond acceptors (Lipinski definition) is 6. The molecule has 0 aliphatic carbocycles. The fourth-order valence-electron chi connectivity index (χ4n) is 1.18. The van der Waals surface area contributed by atoms with Gasteiger partial charge in [0, 0.05) is 26.0 Å². The molecule has 88 valence electrons. The van der Waals surface area contributed by atoms with Crippen molar-refractivity contribution in [1.29, 1.82) is 0 Å². The molecule has 2 aromatic rings. The lowest BCUT2D eigenvalue weighted by Gasteiger charge is -2.01. The predicted molar refractivity (Wildman–Crippen MR) is 64.9 cm³/mol. The van der Waals surface area contributed by atoms with Gasteiger partial charge in [-0.15, -0.1) is 10.2 Å². The molecule has 2 heterocycles. The van der Waals surface area contributed by atoms with Crippen LogP contribution in [0.5, 0.6) is 0 Å². The molecule has 0 saturated heterocycles. The van der Waals surface area contributed by atoms with Gasteiger partial charge in [-0.05, 0) is 11.6 Å². The van der Waals surface area contributed by atoms with Gasteiger partial charge in [-0.2, -0.15) is 0 Å². The molecule has 2 N–H and O–H groups in total. The Hall–Kier alpha value is -2.02. The van der Waals surface area contributed by atoms with Crippen LogP contribution in [0.2, 0.25) is 0 Å². The largest absolute Gasteiger partial charge is 0.363 e. The van der Waals surface area contributed by atoms with Gasteiger partial charge in [0.15, 0.2) is 0 Å². The van der Waals surface area contributed by atoms with Crippen LogP contribution in [0.4, 0.5) is 5.13 Å². The first-order valence-electron chi connectivity index (χ1n) is 4.98. The van der Waals surface area contributed by atoms with Gasteiger partial charge in [-0.3, -0.25) is 9.78 Å². The van der Waals surface area contributed by atoms with Gasteiger partial charge in [0.25, 0.3) is 5.91 Å². The SMILES string of the molecule is CNc1nnc(C(=O)NCc2cccnc2)s1. The molecule has 17 heavy (non-hydrogen) atoms. The van der Waals surface area contributed by atoms with Crippen LogP contribution < -0.4 is 10.6 Å². The van der Waals surface area contributed by atoms with Crippen molar-refractivity contribution in [3.63, 3.8) is 0 Å². The lowest BCUT2D eigenvalue weighted by Crippen LogP contribution is -2.22. The van der Waals surface area contributed by atoms with Crippen molar-refractivity contribution in [1.82, 2.24) is 20.5 Å². The van der Waals surface area contributed by atoms with Gasteiger partial charge in [-0.25, -0.2) is 0 Å². The van der Waals surface area contributed by atoms with E-state index < -0.39 is 0 Å². The van der Waals surface area contributed by atoms with Crippen LogP contribution in [0, 0.1) is 0 Å². The molecule has 0 saturated carbocycles. The number of anilines is 1. The maximum Gasteiger partial charge on any atom is 0.282 e. The highest BCUT2D eigenvalue weighted by Gasteiger charge is 2.11. The minimum absolute atomic E-state index is 0.229. The number of nitrogens with zero attached hydrogens (tertiary/aromatic N) is 3. The number of rotatable bonds is 4. The summed E-state index contributed by atoms with van der Waals surface area (Å²) in [5, 5.41) is 14.1. The smallest absolute Gasteiger partial charge is 0.282 e. The van der Waals surface area contributed by atoms with Crippen molar-refractivity contribution in [2.45, 2.75) is 6.54 Å². The molecule has 0 aliphatic rings. The number of amides is 1. The molecule has 0 aliphatic heterocycles. The predicted octanol–water partition coefficient (Wildman–Crippen LogP) is 0.905. The average molecular weight is 249 g/mol. The van der Waals surface area contributed by atoms with Crippen LogP contribution in [-0.2, 0) is 6.54 Å². The summed E-state index contributed by atoms with van der Waals surface area (Å²) >= 11 is 1.22. The van der Waals surface area contributed by atoms with Crippen molar-refractivity contribution in [2.75, 3.05) is 12.4 Å². The molecule has 2 rings (SSSR count). The quantitative estimate of drug-likeness (QED) is 0.841. The van der Waals surface area contributed by atoms with E-state index in [9.17, 15) is 4.79 Å². The third-order valence-corrected chi connectivity index (χ3v) is 2.95. The first-order chi connectivity index (χ1) is 8.29. The Morgan fingerprint density at radius 2 is 2.35 bits per heavy atom. The van der Waals surface area contributed by atoms with Crippen LogP contribution >= 0.6 is 11.3 Å². The van der Waals surface area contributed by atoms with Gasteiger partial charge >= 0.3 is 0 Å². The van der Waals surface area contributed by atoms with E-state index in [1.165, 1.54) is 11.3 Å². The normalized spacial score (nSPS) is 9.94. The topological polar surface area (TPSA) is 79.8 Å². The minimum atomic E-state index is -0.229. The highest BCUT2D eigenvalue weighted by atomic mass is 32.1. The Labute approximate surface area is 102 Å². The molecule has 0 fully saturated rings. The Bertz CT molecular complexity index is 498. The molecular formula is C10H11N5OS. The third-order valence-electron chi connectivity index (χ3n) is 2.01. The molecule has 0 atom stereocenters. The number of carbonyl (C=O) groups excluding carboxylic acids is 1. The van der Waals surface area contributed by atoms with E-state index in [1.54, 1.807) is 19.4 Å². The zero-order valence-electron chi connectivity index (χ0n) is 9.17. The monoisotopic (exact) mass is 249 g/mol. The Balaban J connectivity index is 1.93.